The van der Waals surface area contributed by atoms with Crippen LogP contribution in [0, 0.1) is 0 Å². The fraction of sp³-hybridized carbons (Fsp3) is 0.309. The SMILES string of the molecule is CC(SC(=S)Oc1ccccc1)c1ccccc1.CC(SC(=S)SC(C)c1ccccc1)c1ccccc1.CCOC(=O)C(C)(SC(=S)OCC)C(=O)OCC.CCOC(=O)C(C)(SC(=S)OCCOC)C(=O)OCC.CCOC(=S)SCc1ccccc1.S=C(Oc1ccccc1)SCc1ccccc1.S=C(SCc1ccccc1)SCc1ccccc1. The highest BCUT2D eigenvalue weighted by atomic mass is 32.2. The average Bonchev–Trinajstić information content (AvgIpc) is 0.824. The van der Waals surface area contributed by atoms with Crippen LogP contribution in [0.25, 0.3) is 0 Å². The summed E-state index contributed by atoms with van der Waals surface area (Å²) in [5.74, 6) is 2.44. The molecule has 0 saturated carbocycles. The van der Waals surface area contributed by atoms with Crippen LogP contribution in [0.3, 0.4) is 0 Å². The Morgan fingerprint density at radius 2 is 0.540 bits per heavy atom. The summed E-state index contributed by atoms with van der Waals surface area (Å²) >= 11 is 49.6. The zero-order valence-corrected chi connectivity index (χ0v) is 84.5. The van der Waals surface area contributed by atoms with E-state index in [1.165, 1.54) is 71.7 Å². The molecule has 664 valence electrons. The van der Waals surface area contributed by atoms with Crippen LogP contribution in [0.1, 0.15) is 131 Å². The third kappa shape index (κ3) is 49.8. The van der Waals surface area contributed by atoms with Crippen LogP contribution in [-0.2, 0) is 80.1 Å². The fourth-order valence-corrected chi connectivity index (χ4v) is 20.3. The maximum absolute atomic E-state index is 12.0. The van der Waals surface area contributed by atoms with Gasteiger partial charge in [-0.15, -0.1) is 23.5 Å². The van der Waals surface area contributed by atoms with E-state index in [1.807, 2.05) is 146 Å². The highest BCUT2D eigenvalue weighted by Crippen LogP contribution is 2.40. The first kappa shape index (κ1) is 112. The lowest BCUT2D eigenvalue weighted by molar-refractivity contribution is -0.159. The molecule has 14 nitrogen and oxygen atoms in total. The van der Waals surface area contributed by atoms with Gasteiger partial charge in [-0.3, -0.25) is 0 Å². The van der Waals surface area contributed by atoms with Gasteiger partial charge in [0.1, 0.15) is 25.2 Å². The number of thiocarbonyl (C=S) groups is 7. The summed E-state index contributed by atoms with van der Waals surface area (Å²) in [4.78, 5) is 47.6. The summed E-state index contributed by atoms with van der Waals surface area (Å²) in [5, 5.41) is 1.10. The number of para-hydroxylation sites is 2. The van der Waals surface area contributed by atoms with Crippen molar-refractivity contribution in [2.24, 2.45) is 0 Å². The number of rotatable bonds is 31. The van der Waals surface area contributed by atoms with E-state index in [-0.39, 0.29) is 41.8 Å². The van der Waals surface area contributed by atoms with Gasteiger partial charge in [-0.1, -0.05) is 332 Å². The van der Waals surface area contributed by atoms with Gasteiger partial charge in [0.15, 0.2) is 0 Å². The van der Waals surface area contributed by atoms with Crippen molar-refractivity contribution in [3.05, 3.63) is 312 Å². The Hall–Kier alpha value is -6.40. The van der Waals surface area contributed by atoms with Gasteiger partial charge in [0, 0.05) is 45.9 Å². The molecule has 0 bridgehead atoms. The van der Waals surface area contributed by atoms with Crippen LogP contribution < -0.4 is 9.47 Å². The van der Waals surface area contributed by atoms with Crippen molar-refractivity contribution in [1.82, 2.24) is 0 Å². The molecule has 0 aliphatic carbocycles. The minimum atomic E-state index is -1.57. The molecule has 9 aromatic rings. The molecule has 0 heterocycles. The number of carbonyl (C=O) groups excluding carboxylic acids is 4. The van der Waals surface area contributed by atoms with Gasteiger partial charge in [-0.2, -0.15) is 0 Å². The Bertz CT molecular complexity index is 4370. The van der Waals surface area contributed by atoms with Crippen molar-refractivity contribution in [3.63, 3.8) is 0 Å². The van der Waals surface area contributed by atoms with Crippen molar-refractivity contribution in [2.75, 3.05) is 60.0 Å². The molecule has 9 aromatic carbocycles. The molecule has 0 N–H and O–H groups in total. The molecule has 3 atom stereocenters. The third-order valence-electron chi connectivity index (χ3n) is 15.6. The first-order chi connectivity index (χ1) is 59.8. The molecule has 124 heavy (non-hydrogen) atoms. The molecule has 0 radical (unpaired) electrons. The van der Waals surface area contributed by atoms with E-state index in [1.54, 1.807) is 105 Å². The lowest BCUT2D eigenvalue weighted by Crippen LogP contribution is -2.44. The van der Waals surface area contributed by atoms with Gasteiger partial charge in [0.2, 0.25) is 31.4 Å². The normalized spacial score (nSPS) is 11.1. The Balaban J connectivity index is 0.000000374. The molecule has 0 aliphatic heterocycles. The second kappa shape index (κ2) is 68.7. The van der Waals surface area contributed by atoms with E-state index in [4.69, 9.17) is 133 Å². The summed E-state index contributed by atoms with van der Waals surface area (Å²) in [6, 6.07) is 91.9. The number of thioether (sulfide) groups is 9. The number of carbonyl (C=O) groups is 4. The quantitative estimate of drug-likeness (QED) is 0.0133. The van der Waals surface area contributed by atoms with Gasteiger partial charge in [0.05, 0.1) is 46.2 Å². The zero-order chi connectivity index (χ0) is 91.0. The maximum atomic E-state index is 12.0. The first-order valence-electron chi connectivity index (χ1n) is 39.3. The van der Waals surface area contributed by atoms with E-state index in [0.29, 0.717) is 48.7 Å². The second-order valence-corrected chi connectivity index (χ2v) is 41.2. The van der Waals surface area contributed by atoms with Crippen molar-refractivity contribution in [3.8, 4) is 11.5 Å². The van der Waals surface area contributed by atoms with Gasteiger partial charge >= 0.3 is 23.9 Å². The highest BCUT2D eigenvalue weighted by molar-refractivity contribution is 8.47. The van der Waals surface area contributed by atoms with Crippen LogP contribution in [0.15, 0.2) is 273 Å². The lowest BCUT2D eigenvalue weighted by Gasteiger charge is -2.24. The molecular formula is C94H108O14S16. The standard InChI is InChI=1S/C17H18S3.C15H14OS2.C15H14S3.C14H12OS2.C12H20O6S2.C11H18O5S2.C10H12OS2/c1-13(15-9-5-3-6-10-15)19-17(18)20-14(2)16-11-7-4-8-12-16;1-12(13-8-4-2-5-9-13)18-15(17)16-14-10-6-3-7-11-14;16-15(17-11-13-7-3-1-4-8-13)18-12-14-9-5-2-6-10-14;16-14(15-13-9-5-2-6-10-13)17-11-12-7-3-1-4-8-12;1-5-16-9(13)12(3,10(14)17-6-2)20-11(19)18-8-7-15-4;1-5-14-8(12)11(4,9(13)15-6-2)18-10(17)16-7-3;1-2-11-10(12)13-8-9-6-4-3-5-7-9/h3-14H,1-2H3;2-12H,1H3;1-10H,11-12H2;1-10H,11H2;5-8H2,1-4H3;5-7H2,1-4H3;3-7H,2,8H2,1H3. The Kier molecular flexibility index (Phi) is 61.9. The van der Waals surface area contributed by atoms with Gasteiger partial charge in [0.25, 0.3) is 0 Å². The number of ether oxygens (including phenoxy) is 10. The Morgan fingerprint density at radius 3 is 0.839 bits per heavy atom. The van der Waals surface area contributed by atoms with E-state index < -0.39 is 33.4 Å². The minimum Gasteiger partial charge on any atom is -0.479 e. The summed E-state index contributed by atoms with van der Waals surface area (Å²) in [5.41, 5.74) is 9.07. The Labute approximate surface area is 810 Å². The monoisotopic (exact) mass is 1970 g/mol. The number of hydrogen-bond acceptors (Lipinski definition) is 30. The third-order valence-corrected chi connectivity index (χ3v) is 27.8. The van der Waals surface area contributed by atoms with E-state index in [2.05, 4.69) is 154 Å². The van der Waals surface area contributed by atoms with Crippen LogP contribution in [0.2, 0.25) is 0 Å². The smallest absolute Gasteiger partial charge is 0.334 e. The van der Waals surface area contributed by atoms with E-state index in [0.717, 1.165) is 65.1 Å². The molecule has 30 heteroatoms. The van der Waals surface area contributed by atoms with Crippen molar-refractivity contribution < 1.29 is 66.5 Å². The summed E-state index contributed by atoms with van der Waals surface area (Å²) in [6.45, 7) is 22.0. The predicted octanol–water partition coefficient (Wildman–Crippen LogP) is 27.2. The highest BCUT2D eigenvalue weighted by Gasteiger charge is 2.48. The van der Waals surface area contributed by atoms with Crippen LogP contribution in [-0.4, -0.2) is 122 Å². The molecule has 0 spiro atoms. The molecular weight excluding hydrogens is 1870 g/mol. The molecule has 0 saturated heterocycles. The summed E-state index contributed by atoms with van der Waals surface area (Å²) < 4.78 is 51.8. The number of hydrogen-bond donors (Lipinski definition) is 0. The van der Waals surface area contributed by atoms with Crippen molar-refractivity contribution in [1.29, 1.82) is 0 Å². The topological polar surface area (TPSA) is 161 Å². The van der Waals surface area contributed by atoms with Crippen molar-refractivity contribution in [2.45, 2.75) is 124 Å². The Morgan fingerprint density at radius 1 is 0.290 bits per heavy atom. The summed E-state index contributed by atoms with van der Waals surface area (Å²) in [7, 11) is 1.53. The maximum Gasteiger partial charge on any atom is 0.334 e. The molecule has 3 unspecified atom stereocenters. The first-order valence-corrected chi connectivity index (χ1v) is 50.3. The zero-order valence-electron chi connectivity index (χ0n) is 71.4. The lowest BCUT2D eigenvalue weighted by atomic mass is 10.2. The van der Waals surface area contributed by atoms with E-state index >= 15 is 0 Å². The molecule has 0 fully saturated rings. The predicted molar refractivity (Wildman–Crippen MR) is 560 cm³/mol. The van der Waals surface area contributed by atoms with Crippen LogP contribution in [0.4, 0.5) is 0 Å². The van der Waals surface area contributed by atoms with Gasteiger partial charge < -0.3 is 47.4 Å². The van der Waals surface area contributed by atoms with Crippen LogP contribution in [0.5, 0.6) is 11.5 Å². The molecule has 0 amide bonds. The minimum absolute atomic E-state index is 0.0608. The number of esters is 4. The number of benzene rings is 9. The molecule has 9 rings (SSSR count). The van der Waals surface area contributed by atoms with Crippen LogP contribution >= 0.6 is 191 Å². The second-order valence-electron chi connectivity index (χ2n) is 25.0. The largest absolute Gasteiger partial charge is 0.479 e. The fourth-order valence-electron chi connectivity index (χ4n) is 9.25. The molecule has 0 aromatic heterocycles. The summed E-state index contributed by atoms with van der Waals surface area (Å²) in [6.07, 6.45) is 0. The molecule has 0 aliphatic rings. The van der Waals surface area contributed by atoms with Gasteiger partial charge in [-0.05, 0) is 224 Å². The van der Waals surface area contributed by atoms with Crippen molar-refractivity contribution >= 4 is 244 Å². The number of methoxy groups -OCH3 is 1. The average molecular weight is 1970 g/mol. The van der Waals surface area contributed by atoms with Gasteiger partial charge in [-0.25, -0.2) is 19.2 Å². The van der Waals surface area contributed by atoms with E-state index in [9.17, 15) is 19.2 Å².